The first-order valence-corrected chi connectivity index (χ1v) is 10.5. The predicted octanol–water partition coefficient (Wildman–Crippen LogP) is 3.31. The van der Waals surface area contributed by atoms with Crippen LogP contribution in [0, 0.1) is 5.41 Å². The van der Waals surface area contributed by atoms with E-state index in [9.17, 15) is 4.79 Å². The molecule has 1 aliphatic carbocycles. The van der Waals surface area contributed by atoms with Crippen LogP contribution in [0.15, 0.2) is 40.2 Å². The Morgan fingerprint density at radius 1 is 1.26 bits per heavy atom. The molecule has 1 aromatic rings. The van der Waals surface area contributed by atoms with E-state index in [2.05, 4.69) is 39.5 Å². The summed E-state index contributed by atoms with van der Waals surface area (Å²) in [7, 11) is 3.56. The Hall–Kier alpha value is -0.960. The molecule has 1 aliphatic heterocycles. The molecule has 1 saturated heterocycles. The Kier molecular flexibility index (Phi) is 8.72. The highest BCUT2D eigenvalue weighted by Gasteiger charge is 2.43. The normalized spacial score (nSPS) is 18.0. The van der Waals surface area contributed by atoms with Crippen molar-refractivity contribution < 1.29 is 4.79 Å². The van der Waals surface area contributed by atoms with Gasteiger partial charge < -0.3 is 15.1 Å². The van der Waals surface area contributed by atoms with E-state index in [1.165, 1.54) is 30.6 Å². The van der Waals surface area contributed by atoms with E-state index in [0.29, 0.717) is 5.41 Å². The van der Waals surface area contributed by atoms with Crippen LogP contribution in [-0.2, 0) is 4.79 Å². The molecule has 1 N–H and O–H groups in total. The molecule has 7 heteroatoms. The van der Waals surface area contributed by atoms with Gasteiger partial charge in [-0.15, -0.1) is 35.7 Å². The van der Waals surface area contributed by atoms with Crippen molar-refractivity contribution in [2.75, 3.05) is 46.0 Å². The average Bonchev–Trinajstić information content (AvgIpc) is 3.07. The molecule has 1 saturated carbocycles. The number of hydrogen-bond acceptors (Lipinski definition) is 3. The zero-order chi connectivity index (χ0) is 18.4. The van der Waals surface area contributed by atoms with Crippen LogP contribution in [0.4, 0.5) is 0 Å². The molecule has 0 atom stereocenters. The van der Waals surface area contributed by atoms with Gasteiger partial charge in [0.05, 0.1) is 0 Å². The lowest BCUT2D eigenvalue weighted by atomic mass is 9.68. The van der Waals surface area contributed by atoms with Crippen molar-refractivity contribution in [1.82, 2.24) is 15.1 Å². The molecular formula is C20H31IN4OS. The van der Waals surface area contributed by atoms with E-state index in [-0.39, 0.29) is 36.4 Å². The van der Waals surface area contributed by atoms with Gasteiger partial charge in [-0.3, -0.25) is 4.79 Å². The van der Waals surface area contributed by atoms with Crippen molar-refractivity contribution in [2.24, 2.45) is 10.4 Å². The van der Waals surface area contributed by atoms with Gasteiger partial charge in [-0.25, -0.2) is 4.99 Å². The first-order valence-electron chi connectivity index (χ1n) is 9.49. The molecular weight excluding hydrogens is 471 g/mol. The molecule has 1 aromatic carbocycles. The molecule has 1 heterocycles. The third-order valence-electron chi connectivity index (χ3n) is 5.41. The van der Waals surface area contributed by atoms with Gasteiger partial charge in [0.1, 0.15) is 6.54 Å². The number of hydrogen-bond donors (Lipinski definition) is 1. The number of aliphatic imine (C=N–C) groups is 1. The molecule has 5 nitrogen and oxygen atoms in total. The number of nitrogens with zero attached hydrogens (tertiary/aromatic N) is 3. The van der Waals surface area contributed by atoms with Crippen molar-refractivity contribution in [3.63, 3.8) is 0 Å². The van der Waals surface area contributed by atoms with E-state index in [4.69, 9.17) is 0 Å². The number of halogens is 1. The zero-order valence-corrected chi connectivity index (χ0v) is 19.5. The van der Waals surface area contributed by atoms with Gasteiger partial charge >= 0.3 is 0 Å². The van der Waals surface area contributed by atoms with Gasteiger partial charge in [0, 0.05) is 44.4 Å². The number of carbonyl (C=O) groups excluding carboxylic acids is 1. The topological polar surface area (TPSA) is 47.9 Å². The molecule has 0 radical (unpaired) electrons. The molecule has 2 fully saturated rings. The minimum absolute atomic E-state index is 0. The van der Waals surface area contributed by atoms with Crippen LogP contribution in [0.1, 0.15) is 25.7 Å². The number of benzene rings is 1. The summed E-state index contributed by atoms with van der Waals surface area (Å²) in [6.45, 7) is 3.19. The SMILES string of the molecule is CN(C)C(=O)CN=C(NCCSc1ccccc1)N1CCC2(CCC2)C1.I. The Balaban J connectivity index is 0.00000261. The molecule has 2 aliphatic rings. The minimum atomic E-state index is 0. The molecule has 27 heavy (non-hydrogen) atoms. The fraction of sp³-hybridized carbons (Fsp3) is 0.600. The van der Waals surface area contributed by atoms with Gasteiger partial charge in [-0.1, -0.05) is 24.6 Å². The number of guanidine groups is 1. The highest BCUT2D eigenvalue weighted by molar-refractivity contribution is 14.0. The van der Waals surface area contributed by atoms with Crippen molar-refractivity contribution in [3.05, 3.63) is 30.3 Å². The summed E-state index contributed by atoms with van der Waals surface area (Å²) in [6, 6.07) is 10.4. The van der Waals surface area contributed by atoms with E-state index in [1.54, 1.807) is 19.0 Å². The fourth-order valence-corrected chi connectivity index (χ4v) is 4.39. The molecule has 1 spiro atoms. The summed E-state index contributed by atoms with van der Waals surface area (Å²) in [5.74, 6) is 1.92. The van der Waals surface area contributed by atoms with E-state index < -0.39 is 0 Å². The second kappa shape index (κ2) is 10.5. The molecule has 3 rings (SSSR count). The number of carbonyl (C=O) groups is 1. The monoisotopic (exact) mass is 502 g/mol. The van der Waals surface area contributed by atoms with Crippen LogP contribution >= 0.6 is 35.7 Å². The number of rotatable bonds is 6. The zero-order valence-electron chi connectivity index (χ0n) is 16.3. The van der Waals surface area contributed by atoms with Crippen molar-refractivity contribution in [2.45, 2.75) is 30.6 Å². The van der Waals surface area contributed by atoms with Gasteiger partial charge in [0.2, 0.25) is 5.91 Å². The van der Waals surface area contributed by atoms with Crippen molar-refractivity contribution in [1.29, 1.82) is 0 Å². The molecule has 0 unspecified atom stereocenters. The Morgan fingerprint density at radius 2 is 2.00 bits per heavy atom. The van der Waals surface area contributed by atoms with Gasteiger partial charge in [0.15, 0.2) is 5.96 Å². The fourth-order valence-electron chi connectivity index (χ4n) is 3.60. The first-order chi connectivity index (χ1) is 12.6. The lowest BCUT2D eigenvalue weighted by Gasteiger charge is -2.38. The van der Waals surface area contributed by atoms with Crippen LogP contribution in [-0.4, -0.2) is 67.7 Å². The second-order valence-corrected chi connectivity index (χ2v) is 8.71. The van der Waals surface area contributed by atoms with Gasteiger partial charge in [-0.2, -0.15) is 0 Å². The average molecular weight is 502 g/mol. The van der Waals surface area contributed by atoms with Crippen LogP contribution in [0.3, 0.4) is 0 Å². The Morgan fingerprint density at radius 3 is 2.59 bits per heavy atom. The van der Waals surface area contributed by atoms with Crippen molar-refractivity contribution >= 4 is 47.6 Å². The summed E-state index contributed by atoms with van der Waals surface area (Å²) in [6.07, 6.45) is 5.31. The molecule has 1 amide bonds. The highest BCUT2D eigenvalue weighted by atomic mass is 127. The van der Waals surface area contributed by atoms with Crippen molar-refractivity contribution in [3.8, 4) is 0 Å². The largest absolute Gasteiger partial charge is 0.355 e. The summed E-state index contributed by atoms with van der Waals surface area (Å²) in [4.78, 5) is 21.8. The lowest BCUT2D eigenvalue weighted by Crippen LogP contribution is -2.43. The highest BCUT2D eigenvalue weighted by Crippen LogP contribution is 2.47. The smallest absolute Gasteiger partial charge is 0.243 e. The number of nitrogens with one attached hydrogen (secondary N) is 1. The summed E-state index contributed by atoms with van der Waals surface area (Å²) in [5.41, 5.74) is 0.521. The number of likely N-dealkylation sites (tertiary alicyclic amines) is 1. The van der Waals surface area contributed by atoms with Gasteiger partial charge in [0.25, 0.3) is 0 Å². The summed E-state index contributed by atoms with van der Waals surface area (Å²) >= 11 is 1.84. The Labute approximate surface area is 184 Å². The number of amides is 1. The number of likely N-dealkylation sites (N-methyl/N-ethyl adjacent to an activating group) is 1. The third kappa shape index (κ3) is 6.27. The second-order valence-electron chi connectivity index (χ2n) is 7.54. The molecule has 0 aromatic heterocycles. The quantitative estimate of drug-likeness (QED) is 0.213. The Bertz CT molecular complexity index is 634. The lowest BCUT2D eigenvalue weighted by molar-refractivity contribution is -0.127. The predicted molar refractivity (Wildman–Crippen MR) is 124 cm³/mol. The van der Waals surface area contributed by atoms with Crippen LogP contribution in [0.2, 0.25) is 0 Å². The first kappa shape index (κ1) is 22.3. The maximum Gasteiger partial charge on any atom is 0.243 e. The van der Waals surface area contributed by atoms with Crippen LogP contribution in [0.5, 0.6) is 0 Å². The third-order valence-corrected chi connectivity index (χ3v) is 6.43. The van der Waals surface area contributed by atoms with Crippen LogP contribution in [0.25, 0.3) is 0 Å². The van der Waals surface area contributed by atoms with E-state index in [1.807, 2.05) is 17.8 Å². The molecule has 0 bridgehead atoms. The molecule has 150 valence electrons. The minimum Gasteiger partial charge on any atom is -0.355 e. The summed E-state index contributed by atoms with van der Waals surface area (Å²) in [5, 5.41) is 3.50. The van der Waals surface area contributed by atoms with E-state index in [0.717, 1.165) is 31.3 Å². The summed E-state index contributed by atoms with van der Waals surface area (Å²) < 4.78 is 0. The maximum absolute atomic E-state index is 11.9. The standard InChI is InChI=1S/C20H30N4OS.HI/c1-23(2)18(25)15-22-19(24-13-11-20(16-24)9-6-10-20)21-12-14-26-17-7-4-3-5-8-17;/h3-5,7-8H,6,9-16H2,1-2H3,(H,21,22);1H. The maximum atomic E-state index is 11.9. The van der Waals surface area contributed by atoms with Crippen LogP contribution < -0.4 is 5.32 Å². The van der Waals surface area contributed by atoms with E-state index >= 15 is 0 Å². The number of thioether (sulfide) groups is 1. The van der Waals surface area contributed by atoms with Gasteiger partial charge in [-0.05, 0) is 36.8 Å².